The van der Waals surface area contributed by atoms with Gasteiger partial charge >= 0.3 is 5.97 Å². The molecule has 0 aromatic heterocycles. The Morgan fingerprint density at radius 3 is 1.47 bits per heavy atom. The van der Waals surface area contributed by atoms with Crippen LogP contribution in [0.4, 0.5) is 17.1 Å². The van der Waals surface area contributed by atoms with Gasteiger partial charge in [0.2, 0.25) is 0 Å². The zero-order valence-corrected chi connectivity index (χ0v) is 19.9. The molecule has 0 aliphatic carbocycles. The van der Waals surface area contributed by atoms with E-state index >= 15 is 0 Å². The Bertz CT molecular complexity index is 1350. The molecule has 0 bridgehead atoms. The van der Waals surface area contributed by atoms with E-state index in [0.29, 0.717) is 5.56 Å². The predicted molar refractivity (Wildman–Crippen MR) is 141 cm³/mol. The number of hydrogen-bond acceptors (Lipinski definition) is 5. The highest BCUT2D eigenvalue weighted by molar-refractivity contribution is 5.96. The number of benzene rings is 4. The van der Waals surface area contributed by atoms with Gasteiger partial charge in [0.05, 0.1) is 14.2 Å². The van der Waals surface area contributed by atoms with Gasteiger partial charge in [0, 0.05) is 17.1 Å². The highest BCUT2D eigenvalue weighted by Gasteiger charge is 2.13. The molecule has 178 valence electrons. The zero-order valence-electron chi connectivity index (χ0n) is 19.9. The standard InChI is InChI=1S/C30H24N2O4/c1-35-28-15-11-26(12-16-28)32(27-13-17-29(36-2)18-14-27)25-9-7-23(8-10-25)22-5-3-21(4-6-22)19-24(20-31)30(33)34/h3-19H,1-2H3,(H,33,34)/b24-19+. The number of methoxy groups -OCH3 is 2. The maximum Gasteiger partial charge on any atom is 0.346 e. The van der Waals surface area contributed by atoms with Crippen LogP contribution in [0.25, 0.3) is 17.2 Å². The number of rotatable bonds is 8. The van der Waals surface area contributed by atoms with E-state index in [1.807, 2.05) is 72.8 Å². The van der Waals surface area contributed by atoms with E-state index in [9.17, 15) is 4.79 Å². The molecule has 0 fully saturated rings. The maximum atomic E-state index is 11.1. The fourth-order valence-corrected chi connectivity index (χ4v) is 3.79. The lowest BCUT2D eigenvalue weighted by Gasteiger charge is -2.26. The minimum atomic E-state index is -1.24. The molecule has 4 rings (SSSR count). The molecule has 0 aliphatic heterocycles. The van der Waals surface area contributed by atoms with Crippen molar-refractivity contribution in [3.05, 3.63) is 108 Å². The van der Waals surface area contributed by atoms with Crippen LogP contribution in [0.1, 0.15) is 5.56 Å². The SMILES string of the molecule is COc1ccc(N(c2ccc(OC)cc2)c2ccc(-c3ccc(/C=C(\C#N)C(=O)O)cc3)cc2)cc1. The summed E-state index contributed by atoms with van der Waals surface area (Å²) in [5.41, 5.74) is 5.29. The van der Waals surface area contributed by atoms with Gasteiger partial charge < -0.3 is 19.5 Å². The highest BCUT2D eigenvalue weighted by atomic mass is 16.5. The van der Waals surface area contributed by atoms with Crippen LogP contribution in [0, 0.1) is 11.3 Å². The van der Waals surface area contributed by atoms with Gasteiger partial charge in [0.15, 0.2) is 0 Å². The molecule has 4 aromatic carbocycles. The Hall–Kier alpha value is -5.02. The summed E-state index contributed by atoms with van der Waals surface area (Å²) < 4.78 is 10.6. The van der Waals surface area contributed by atoms with Gasteiger partial charge in [-0.3, -0.25) is 0 Å². The fraction of sp³-hybridized carbons (Fsp3) is 0.0667. The third-order valence-corrected chi connectivity index (χ3v) is 5.69. The lowest BCUT2D eigenvalue weighted by Crippen LogP contribution is -2.09. The predicted octanol–water partition coefficient (Wildman–Crippen LogP) is 6.83. The Labute approximate surface area is 209 Å². The van der Waals surface area contributed by atoms with Crippen molar-refractivity contribution < 1.29 is 19.4 Å². The summed E-state index contributed by atoms with van der Waals surface area (Å²) in [7, 11) is 3.29. The molecule has 0 spiro atoms. The number of hydrogen-bond donors (Lipinski definition) is 1. The lowest BCUT2D eigenvalue weighted by molar-refractivity contribution is -0.132. The molecule has 0 heterocycles. The van der Waals surface area contributed by atoms with Crippen LogP contribution < -0.4 is 14.4 Å². The minimum Gasteiger partial charge on any atom is -0.497 e. The van der Waals surface area contributed by atoms with E-state index in [2.05, 4.69) is 17.0 Å². The normalized spacial score (nSPS) is 10.9. The summed E-state index contributed by atoms with van der Waals surface area (Å²) in [6, 6.07) is 33.0. The zero-order chi connectivity index (χ0) is 25.5. The number of carboxylic acids is 1. The number of anilines is 3. The average molecular weight is 477 g/mol. The van der Waals surface area contributed by atoms with Gasteiger partial charge in [-0.15, -0.1) is 0 Å². The second-order valence-electron chi connectivity index (χ2n) is 7.88. The van der Waals surface area contributed by atoms with E-state index in [4.69, 9.17) is 19.8 Å². The summed E-state index contributed by atoms with van der Waals surface area (Å²) in [5, 5.41) is 18.0. The molecule has 0 aliphatic rings. The monoisotopic (exact) mass is 476 g/mol. The van der Waals surface area contributed by atoms with Crippen molar-refractivity contribution in [2.45, 2.75) is 0 Å². The quantitative estimate of drug-likeness (QED) is 0.222. The van der Waals surface area contributed by atoms with Crippen LogP contribution >= 0.6 is 0 Å². The first-order valence-electron chi connectivity index (χ1n) is 11.2. The van der Waals surface area contributed by atoms with Crippen LogP contribution in [0.2, 0.25) is 0 Å². The van der Waals surface area contributed by atoms with Crippen LogP contribution in [0.15, 0.2) is 103 Å². The number of carbonyl (C=O) groups is 1. The molecule has 0 radical (unpaired) electrons. The van der Waals surface area contributed by atoms with Crippen molar-refractivity contribution in [1.82, 2.24) is 0 Å². The van der Waals surface area contributed by atoms with E-state index < -0.39 is 5.97 Å². The molecular formula is C30H24N2O4. The summed E-state index contributed by atoms with van der Waals surface area (Å²) in [4.78, 5) is 13.2. The molecule has 0 amide bonds. The first-order chi connectivity index (χ1) is 17.5. The van der Waals surface area contributed by atoms with Gasteiger partial charge in [0.1, 0.15) is 23.1 Å². The molecule has 0 saturated carbocycles. The van der Waals surface area contributed by atoms with Crippen molar-refractivity contribution in [1.29, 1.82) is 5.26 Å². The van der Waals surface area contributed by atoms with E-state index in [0.717, 1.165) is 39.7 Å². The second-order valence-corrected chi connectivity index (χ2v) is 7.88. The molecule has 6 heteroatoms. The molecule has 6 nitrogen and oxygen atoms in total. The number of aliphatic carboxylic acids is 1. The average Bonchev–Trinajstić information content (AvgIpc) is 2.93. The van der Waals surface area contributed by atoms with Crippen molar-refractivity contribution in [2.75, 3.05) is 19.1 Å². The molecular weight excluding hydrogens is 452 g/mol. The Morgan fingerprint density at radius 2 is 1.11 bits per heavy atom. The smallest absolute Gasteiger partial charge is 0.346 e. The molecule has 4 aromatic rings. The maximum absolute atomic E-state index is 11.1. The third kappa shape index (κ3) is 5.37. The van der Waals surface area contributed by atoms with Crippen molar-refractivity contribution in [3.8, 4) is 28.7 Å². The van der Waals surface area contributed by atoms with Gasteiger partial charge in [-0.1, -0.05) is 36.4 Å². The number of nitriles is 1. The largest absolute Gasteiger partial charge is 0.497 e. The lowest BCUT2D eigenvalue weighted by atomic mass is 10.0. The topological polar surface area (TPSA) is 82.8 Å². The number of carboxylic acid groups (broad SMARTS) is 1. The summed E-state index contributed by atoms with van der Waals surface area (Å²) in [5.74, 6) is 0.329. The van der Waals surface area contributed by atoms with E-state index in [1.54, 1.807) is 32.4 Å². The molecule has 0 unspecified atom stereocenters. The van der Waals surface area contributed by atoms with Crippen LogP contribution in [0.5, 0.6) is 11.5 Å². The number of nitrogens with zero attached hydrogens (tertiary/aromatic N) is 2. The first kappa shape index (κ1) is 24.1. The fourth-order valence-electron chi connectivity index (χ4n) is 3.79. The Morgan fingerprint density at radius 1 is 0.722 bits per heavy atom. The van der Waals surface area contributed by atoms with E-state index in [-0.39, 0.29) is 5.57 Å². The highest BCUT2D eigenvalue weighted by Crippen LogP contribution is 2.37. The molecule has 36 heavy (non-hydrogen) atoms. The van der Waals surface area contributed by atoms with E-state index in [1.165, 1.54) is 6.08 Å². The molecule has 0 saturated heterocycles. The van der Waals surface area contributed by atoms with Gasteiger partial charge in [0.25, 0.3) is 0 Å². The first-order valence-corrected chi connectivity index (χ1v) is 11.2. The van der Waals surface area contributed by atoms with Crippen LogP contribution in [0.3, 0.4) is 0 Å². The Kier molecular flexibility index (Phi) is 7.33. The second kappa shape index (κ2) is 10.9. The Balaban J connectivity index is 1.65. The van der Waals surface area contributed by atoms with Crippen LogP contribution in [-0.2, 0) is 4.79 Å². The van der Waals surface area contributed by atoms with Crippen molar-refractivity contribution in [3.63, 3.8) is 0 Å². The van der Waals surface area contributed by atoms with Gasteiger partial charge in [-0.05, 0) is 83.4 Å². The van der Waals surface area contributed by atoms with Crippen molar-refractivity contribution in [2.24, 2.45) is 0 Å². The summed E-state index contributed by atoms with van der Waals surface area (Å²) in [6.07, 6.45) is 1.36. The third-order valence-electron chi connectivity index (χ3n) is 5.69. The summed E-state index contributed by atoms with van der Waals surface area (Å²) in [6.45, 7) is 0. The number of ether oxygens (including phenoxy) is 2. The minimum absolute atomic E-state index is 0.302. The summed E-state index contributed by atoms with van der Waals surface area (Å²) >= 11 is 0. The van der Waals surface area contributed by atoms with Crippen LogP contribution in [-0.4, -0.2) is 25.3 Å². The van der Waals surface area contributed by atoms with Gasteiger partial charge in [-0.25, -0.2) is 4.79 Å². The van der Waals surface area contributed by atoms with Crippen molar-refractivity contribution >= 4 is 29.1 Å². The molecule has 1 N–H and O–H groups in total. The van der Waals surface area contributed by atoms with Gasteiger partial charge in [-0.2, -0.15) is 5.26 Å². The molecule has 0 atom stereocenters.